The normalized spacial score (nSPS) is 14.7. The number of aryl methyl sites for hydroxylation is 1. The Hall–Kier alpha value is -3.07. The largest absolute Gasteiger partial charge is 0.352 e. The number of carbonyl (C=O) groups excluding carboxylic acids is 2. The fraction of sp³-hybridized carbons (Fsp3) is 0.355. The molecule has 218 valence electrons. The second-order valence-corrected chi connectivity index (χ2v) is 13.2. The monoisotopic (exact) mass is 615 g/mol. The number of benzene rings is 3. The van der Waals surface area contributed by atoms with E-state index in [9.17, 15) is 18.0 Å². The third kappa shape index (κ3) is 8.03. The Morgan fingerprint density at radius 1 is 0.878 bits per heavy atom. The summed E-state index contributed by atoms with van der Waals surface area (Å²) >= 11 is 12.1. The molecule has 10 heteroatoms. The highest BCUT2D eigenvalue weighted by molar-refractivity contribution is 7.92. The van der Waals surface area contributed by atoms with E-state index in [1.807, 2.05) is 6.92 Å². The maximum atomic E-state index is 14.0. The number of hydrogen-bond acceptors (Lipinski definition) is 4. The number of anilines is 1. The number of amides is 2. The number of carbonyl (C=O) groups is 2. The summed E-state index contributed by atoms with van der Waals surface area (Å²) in [6.07, 6.45) is 5.08. The van der Waals surface area contributed by atoms with E-state index >= 15 is 0 Å². The van der Waals surface area contributed by atoms with Gasteiger partial charge in [0.15, 0.2) is 0 Å². The highest BCUT2D eigenvalue weighted by atomic mass is 35.5. The van der Waals surface area contributed by atoms with Crippen LogP contribution >= 0.6 is 23.2 Å². The van der Waals surface area contributed by atoms with Crippen molar-refractivity contribution in [1.29, 1.82) is 0 Å². The van der Waals surface area contributed by atoms with Crippen LogP contribution in [0.1, 0.15) is 50.2 Å². The number of sulfonamides is 1. The first-order valence-electron chi connectivity index (χ1n) is 13.7. The van der Waals surface area contributed by atoms with E-state index in [0.717, 1.165) is 47.5 Å². The van der Waals surface area contributed by atoms with E-state index < -0.39 is 28.5 Å². The van der Waals surface area contributed by atoms with Gasteiger partial charge in [-0.2, -0.15) is 0 Å². The Labute approximate surface area is 252 Å². The molecule has 1 saturated carbocycles. The van der Waals surface area contributed by atoms with Gasteiger partial charge in [-0.25, -0.2) is 8.42 Å². The quantitative estimate of drug-likeness (QED) is 0.287. The van der Waals surface area contributed by atoms with E-state index in [2.05, 4.69) is 5.32 Å². The van der Waals surface area contributed by atoms with Gasteiger partial charge in [0.2, 0.25) is 11.8 Å². The van der Waals surface area contributed by atoms with Gasteiger partial charge in [-0.15, -0.1) is 0 Å². The van der Waals surface area contributed by atoms with Crippen molar-refractivity contribution in [2.24, 2.45) is 0 Å². The summed E-state index contributed by atoms with van der Waals surface area (Å²) in [6, 6.07) is 19.0. The van der Waals surface area contributed by atoms with Crippen LogP contribution in [-0.4, -0.2) is 43.8 Å². The fourth-order valence-corrected chi connectivity index (χ4v) is 6.58. The van der Waals surface area contributed by atoms with Crippen LogP contribution in [0, 0.1) is 6.92 Å². The van der Waals surface area contributed by atoms with E-state index in [1.54, 1.807) is 55.5 Å². The molecular weight excluding hydrogens is 581 g/mol. The van der Waals surface area contributed by atoms with E-state index in [0.29, 0.717) is 15.7 Å². The third-order valence-corrected chi connectivity index (χ3v) is 9.68. The smallest absolute Gasteiger partial charge is 0.264 e. The maximum Gasteiger partial charge on any atom is 0.264 e. The van der Waals surface area contributed by atoms with Crippen molar-refractivity contribution < 1.29 is 18.0 Å². The van der Waals surface area contributed by atoms with E-state index in [4.69, 9.17) is 23.2 Å². The molecule has 0 spiro atoms. The molecule has 41 heavy (non-hydrogen) atoms. The molecule has 3 aromatic rings. The second-order valence-electron chi connectivity index (χ2n) is 10.5. The van der Waals surface area contributed by atoms with E-state index in [1.165, 1.54) is 29.2 Å². The first-order valence-corrected chi connectivity index (χ1v) is 15.9. The Balaban J connectivity index is 1.66. The van der Waals surface area contributed by atoms with Gasteiger partial charge in [-0.1, -0.05) is 72.3 Å². The molecule has 1 aliphatic rings. The molecule has 0 aromatic heterocycles. The molecule has 1 aliphatic carbocycles. The van der Waals surface area contributed by atoms with Crippen LogP contribution in [0.2, 0.25) is 10.0 Å². The van der Waals surface area contributed by atoms with Crippen molar-refractivity contribution in [3.63, 3.8) is 0 Å². The number of hydrogen-bond donors (Lipinski definition) is 1. The summed E-state index contributed by atoms with van der Waals surface area (Å²) in [5, 5.41) is 4.05. The lowest BCUT2D eigenvalue weighted by atomic mass is 9.95. The summed E-state index contributed by atoms with van der Waals surface area (Å²) in [4.78, 5) is 28.8. The molecule has 0 aliphatic heterocycles. The lowest BCUT2D eigenvalue weighted by Gasteiger charge is -2.33. The highest BCUT2D eigenvalue weighted by Gasteiger charge is 2.33. The first kappa shape index (κ1) is 30.9. The molecule has 2 amide bonds. The summed E-state index contributed by atoms with van der Waals surface area (Å²) in [7, 11) is -4.15. The van der Waals surface area contributed by atoms with Crippen molar-refractivity contribution >= 4 is 50.7 Å². The average molecular weight is 617 g/mol. The van der Waals surface area contributed by atoms with Crippen LogP contribution in [0.4, 0.5) is 5.69 Å². The predicted molar refractivity (Wildman–Crippen MR) is 164 cm³/mol. The number of nitrogens with one attached hydrogen (secondary N) is 1. The lowest BCUT2D eigenvalue weighted by Crippen LogP contribution is -2.53. The minimum atomic E-state index is -4.15. The average Bonchev–Trinajstić information content (AvgIpc) is 2.96. The van der Waals surface area contributed by atoms with Crippen molar-refractivity contribution in [3.8, 4) is 0 Å². The van der Waals surface area contributed by atoms with Crippen molar-refractivity contribution in [2.45, 2.75) is 69.5 Å². The third-order valence-electron chi connectivity index (χ3n) is 7.39. The van der Waals surface area contributed by atoms with Crippen molar-refractivity contribution in [2.75, 3.05) is 10.8 Å². The Morgan fingerprint density at radius 2 is 1.44 bits per heavy atom. The number of nitrogens with zero attached hydrogens (tertiary/aromatic N) is 2. The second kappa shape index (κ2) is 13.7. The van der Waals surface area contributed by atoms with Gasteiger partial charge in [-0.05, 0) is 80.8 Å². The number of rotatable bonds is 10. The molecule has 0 heterocycles. The minimum absolute atomic E-state index is 0.00242. The zero-order chi connectivity index (χ0) is 29.6. The van der Waals surface area contributed by atoms with Gasteiger partial charge in [0.05, 0.1) is 10.6 Å². The molecule has 0 bridgehead atoms. The Morgan fingerprint density at radius 3 is 2.02 bits per heavy atom. The van der Waals surface area contributed by atoms with Crippen LogP contribution < -0.4 is 9.62 Å². The minimum Gasteiger partial charge on any atom is -0.352 e. The summed E-state index contributed by atoms with van der Waals surface area (Å²) < 4.78 is 28.8. The predicted octanol–water partition coefficient (Wildman–Crippen LogP) is 6.36. The maximum absolute atomic E-state index is 14.0. The van der Waals surface area contributed by atoms with E-state index in [-0.39, 0.29) is 23.4 Å². The van der Waals surface area contributed by atoms with Crippen molar-refractivity contribution in [1.82, 2.24) is 10.2 Å². The van der Waals surface area contributed by atoms with Crippen LogP contribution in [0.3, 0.4) is 0 Å². The van der Waals surface area contributed by atoms with Gasteiger partial charge in [0, 0.05) is 22.6 Å². The zero-order valence-electron chi connectivity index (χ0n) is 23.2. The summed E-state index contributed by atoms with van der Waals surface area (Å²) in [5.74, 6) is -0.772. The van der Waals surface area contributed by atoms with Crippen LogP contribution in [0.5, 0.6) is 0 Å². The lowest BCUT2D eigenvalue weighted by molar-refractivity contribution is -0.139. The molecule has 1 unspecified atom stereocenters. The van der Waals surface area contributed by atoms with Crippen LogP contribution in [0.25, 0.3) is 0 Å². The summed E-state index contributed by atoms with van der Waals surface area (Å²) in [5.41, 5.74) is 2.05. The Bertz CT molecular complexity index is 1440. The first-order chi connectivity index (χ1) is 19.5. The molecule has 0 radical (unpaired) electrons. The summed E-state index contributed by atoms with van der Waals surface area (Å²) in [6.45, 7) is 3.18. The fourth-order valence-electron chi connectivity index (χ4n) is 4.91. The van der Waals surface area contributed by atoms with Gasteiger partial charge in [-0.3, -0.25) is 13.9 Å². The van der Waals surface area contributed by atoms with Crippen molar-refractivity contribution in [3.05, 3.63) is 94.0 Å². The molecule has 7 nitrogen and oxygen atoms in total. The van der Waals surface area contributed by atoms with Crippen LogP contribution in [-0.2, 0) is 26.2 Å². The topological polar surface area (TPSA) is 86.8 Å². The Kier molecular flexibility index (Phi) is 10.3. The van der Waals surface area contributed by atoms with Crippen LogP contribution in [0.15, 0.2) is 77.7 Å². The highest BCUT2D eigenvalue weighted by Crippen LogP contribution is 2.26. The zero-order valence-corrected chi connectivity index (χ0v) is 25.6. The van der Waals surface area contributed by atoms with Gasteiger partial charge in [0.25, 0.3) is 10.0 Å². The van der Waals surface area contributed by atoms with Gasteiger partial charge >= 0.3 is 0 Å². The molecular formula is C31H35Cl2N3O4S. The van der Waals surface area contributed by atoms with Gasteiger partial charge in [0.1, 0.15) is 12.6 Å². The number of halogens is 2. The molecule has 1 N–H and O–H groups in total. The standard InChI is InChI=1S/C31H35Cl2N3O4S/c1-22-8-16-28(17-9-22)36(41(39,40)29-18-14-26(33)15-19-29)21-30(37)35(20-24-10-12-25(32)13-11-24)23(2)31(38)34-27-6-4-3-5-7-27/h8-19,23,27H,3-7,20-21H2,1-2H3,(H,34,38). The molecule has 3 aromatic carbocycles. The molecule has 4 rings (SSSR count). The SMILES string of the molecule is Cc1ccc(N(CC(=O)N(Cc2ccc(Cl)cc2)C(C)C(=O)NC2CCCCC2)S(=O)(=O)c2ccc(Cl)cc2)cc1. The molecule has 1 atom stereocenters. The molecule has 0 saturated heterocycles. The molecule has 1 fully saturated rings. The van der Waals surface area contributed by atoms with Gasteiger partial charge < -0.3 is 10.2 Å².